The highest BCUT2D eigenvalue weighted by molar-refractivity contribution is 7.93. The fraction of sp³-hybridized carbons (Fsp3) is 0. The molecule has 230 valence electrons. The Morgan fingerprint density at radius 3 is 0.854 bits per heavy atom. The highest BCUT2D eigenvalue weighted by atomic mass is 31.2. The standard InChI is InChI=1S/C46H36P2/c1-47(41-15-7-3-8-16-41,42-17-9-4-10-18-42)45-29-27-35-23-25-37(31-39(35)33-45)38-26-24-36-28-30-46(34-40(36)32-38)48(2,43-19-11-5-12-20-43)44-21-13-6-14-22-44/h3-34H,1-2H2. The third-order valence-electron chi connectivity index (χ3n) is 9.65. The number of rotatable bonds is 7. The molecule has 48 heavy (non-hydrogen) atoms. The predicted octanol–water partition coefficient (Wildman–Crippen LogP) is 9.11. The van der Waals surface area contributed by atoms with E-state index < -0.39 is 13.8 Å². The van der Waals surface area contributed by atoms with Crippen LogP contribution in [0.4, 0.5) is 0 Å². The molecule has 0 bridgehead atoms. The van der Waals surface area contributed by atoms with E-state index in [2.05, 4.69) is 194 Å². The Labute approximate surface area is 283 Å². The molecule has 0 amide bonds. The molecular formula is C46H36P2. The molecule has 8 aromatic rings. The maximum Gasteiger partial charge on any atom is -0.0159 e. The van der Waals surface area contributed by atoms with Gasteiger partial charge in [-0.3, -0.25) is 0 Å². The molecule has 0 aliphatic heterocycles. The summed E-state index contributed by atoms with van der Waals surface area (Å²) >= 11 is 0. The molecule has 0 aliphatic carbocycles. The van der Waals surface area contributed by atoms with Gasteiger partial charge in [-0.1, -0.05) is 182 Å². The SMILES string of the molecule is C=P(c1ccccc1)(c1ccccc1)c1ccc2ccc(-c3ccc4ccc(P(=C)(c5ccccc5)c5ccccc5)cc4c3)cc2c1. The second kappa shape index (κ2) is 12.5. The van der Waals surface area contributed by atoms with E-state index in [4.69, 9.17) is 12.6 Å². The molecule has 0 spiro atoms. The smallest absolute Gasteiger partial charge is 0.0159 e. The normalized spacial score (nSPS) is 11.9. The average Bonchev–Trinajstić information content (AvgIpc) is 3.17. The molecule has 2 heteroatoms. The minimum absolute atomic E-state index is 1.21. The molecule has 0 aromatic heterocycles. The zero-order valence-electron chi connectivity index (χ0n) is 26.8. The molecule has 0 nitrogen and oxygen atoms in total. The van der Waals surface area contributed by atoms with E-state index in [9.17, 15) is 0 Å². The van der Waals surface area contributed by atoms with Gasteiger partial charge in [0.2, 0.25) is 0 Å². The van der Waals surface area contributed by atoms with Crippen LogP contribution in [-0.2, 0) is 0 Å². The van der Waals surface area contributed by atoms with Crippen molar-refractivity contribution in [3.8, 4) is 11.1 Å². The number of benzene rings is 8. The lowest BCUT2D eigenvalue weighted by molar-refractivity contribution is 1.68. The van der Waals surface area contributed by atoms with Crippen molar-refractivity contribution in [2.45, 2.75) is 0 Å². The van der Waals surface area contributed by atoms with Crippen LogP contribution in [0.5, 0.6) is 0 Å². The van der Waals surface area contributed by atoms with Gasteiger partial charge >= 0.3 is 0 Å². The molecule has 0 saturated heterocycles. The third-order valence-corrected chi connectivity index (χ3v) is 16.7. The maximum absolute atomic E-state index is 4.98. The lowest BCUT2D eigenvalue weighted by Crippen LogP contribution is -2.25. The van der Waals surface area contributed by atoms with Crippen LogP contribution in [0.25, 0.3) is 32.7 Å². The fourth-order valence-electron chi connectivity index (χ4n) is 6.93. The summed E-state index contributed by atoms with van der Waals surface area (Å²) < 4.78 is 0. The molecule has 0 fully saturated rings. The summed E-state index contributed by atoms with van der Waals surface area (Å²) in [6, 6.07) is 70.7. The summed E-state index contributed by atoms with van der Waals surface area (Å²) in [6.07, 6.45) is 9.96. The summed E-state index contributed by atoms with van der Waals surface area (Å²) in [5.41, 5.74) is 2.42. The topological polar surface area (TPSA) is 0 Å². The second-order valence-electron chi connectivity index (χ2n) is 12.5. The molecule has 8 aromatic carbocycles. The Hall–Kier alpha value is -5.12. The molecule has 0 unspecified atom stereocenters. The molecule has 0 atom stereocenters. The van der Waals surface area contributed by atoms with Crippen molar-refractivity contribution in [3.63, 3.8) is 0 Å². The first kappa shape index (κ1) is 30.2. The van der Waals surface area contributed by atoms with E-state index in [-0.39, 0.29) is 0 Å². The van der Waals surface area contributed by atoms with Gasteiger partial charge in [-0.15, -0.1) is 0 Å². The van der Waals surface area contributed by atoms with Gasteiger partial charge in [-0.25, -0.2) is 0 Å². The lowest BCUT2D eigenvalue weighted by Gasteiger charge is -2.27. The first-order valence-electron chi connectivity index (χ1n) is 16.3. The minimum atomic E-state index is -2.08. The summed E-state index contributed by atoms with van der Waals surface area (Å²) in [6.45, 7) is -4.15. The Morgan fingerprint density at radius 1 is 0.250 bits per heavy atom. The van der Waals surface area contributed by atoms with Crippen molar-refractivity contribution in [1.82, 2.24) is 0 Å². The van der Waals surface area contributed by atoms with E-state index in [1.54, 1.807) is 0 Å². The second-order valence-corrected chi connectivity index (χ2v) is 18.8. The number of hydrogen-bond acceptors (Lipinski definition) is 0. The maximum atomic E-state index is 4.98. The van der Waals surface area contributed by atoms with Gasteiger partial charge in [0.1, 0.15) is 0 Å². The van der Waals surface area contributed by atoms with Gasteiger partial charge < -0.3 is 0 Å². The fourth-order valence-corrected chi connectivity index (χ4v) is 12.8. The van der Waals surface area contributed by atoms with Gasteiger partial charge in [-0.2, -0.15) is 0 Å². The zero-order chi connectivity index (χ0) is 32.6. The van der Waals surface area contributed by atoms with E-state index in [1.165, 1.54) is 64.5 Å². The van der Waals surface area contributed by atoms with E-state index in [0.29, 0.717) is 0 Å². The van der Waals surface area contributed by atoms with Crippen molar-refractivity contribution in [3.05, 3.63) is 194 Å². The quantitative estimate of drug-likeness (QED) is 0.151. The van der Waals surface area contributed by atoms with Crippen molar-refractivity contribution in [2.24, 2.45) is 0 Å². The summed E-state index contributed by atoms with van der Waals surface area (Å²) in [7, 11) is 0. The monoisotopic (exact) mass is 650 g/mol. The summed E-state index contributed by atoms with van der Waals surface area (Å²) in [4.78, 5) is 0. The van der Waals surface area contributed by atoms with Crippen LogP contribution in [-0.4, -0.2) is 12.6 Å². The van der Waals surface area contributed by atoms with Crippen LogP contribution in [0.2, 0.25) is 0 Å². The predicted molar refractivity (Wildman–Crippen MR) is 219 cm³/mol. The van der Waals surface area contributed by atoms with Crippen molar-refractivity contribution < 1.29 is 0 Å². The molecule has 0 heterocycles. The zero-order valence-corrected chi connectivity index (χ0v) is 28.6. The molecule has 0 aliphatic rings. The molecule has 0 saturated carbocycles. The van der Waals surface area contributed by atoms with Crippen molar-refractivity contribution in [2.75, 3.05) is 0 Å². The van der Waals surface area contributed by atoms with Gasteiger partial charge in [0.15, 0.2) is 0 Å². The van der Waals surface area contributed by atoms with Gasteiger partial charge in [0.25, 0.3) is 0 Å². The van der Waals surface area contributed by atoms with Crippen LogP contribution >= 0.6 is 13.8 Å². The molecular weight excluding hydrogens is 614 g/mol. The Balaban J connectivity index is 1.24. The first-order valence-corrected chi connectivity index (χ1v) is 20.3. The highest BCUT2D eigenvalue weighted by Gasteiger charge is 2.24. The van der Waals surface area contributed by atoms with Crippen LogP contribution in [0.3, 0.4) is 0 Å². The van der Waals surface area contributed by atoms with Gasteiger partial charge in [0.05, 0.1) is 0 Å². The minimum Gasteiger partial charge on any atom is -0.0887 e. The Bertz CT molecular complexity index is 2220. The number of fused-ring (bicyclic) bond motifs is 2. The van der Waals surface area contributed by atoms with Crippen LogP contribution < -0.4 is 31.8 Å². The average molecular weight is 651 g/mol. The number of hydrogen-bond donors (Lipinski definition) is 0. The molecule has 0 radical (unpaired) electrons. The van der Waals surface area contributed by atoms with Crippen LogP contribution in [0.15, 0.2) is 194 Å². The van der Waals surface area contributed by atoms with Crippen molar-refractivity contribution in [1.29, 1.82) is 0 Å². The van der Waals surface area contributed by atoms with Crippen LogP contribution in [0.1, 0.15) is 0 Å². The van der Waals surface area contributed by atoms with Crippen molar-refractivity contribution >= 4 is 79.7 Å². The molecule has 8 rings (SSSR count). The van der Waals surface area contributed by atoms with Crippen LogP contribution in [0, 0.1) is 0 Å². The first-order chi connectivity index (χ1) is 23.5. The third kappa shape index (κ3) is 5.29. The highest BCUT2D eigenvalue weighted by Crippen LogP contribution is 2.44. The van der Waals surface area contributed by atoms with E-state index in [0.717, 1.165) is 0 Å². The summed E-state index contributed by atoms with van der Waals surface area (Å²) in [5.74, 6) is 0. The largest absolute Gasteiger partial charge is 0.0887 e. The Kier molecular flexibility index (Phi) is 7.86. The van der Waals surface area contributed by atoms with Gasteiger partial charge in [-0.05, 0) is 103 Å². The molecule has 0 N–H and O–H groups in total. The Morgan fingerprint density at radius 2 is 0.542 bits per heavy atom. The van der Waals surface area contributed by atoms with Gasteiger partial charge in [0, 0.05) is 0 Å². The summed E-state index contributed by atoms with van der Waals surface area (Å²) in [5, 5.41) is 12.6. The van der Waals surface area contributed by atoms with E-state index >= 15 is 0 Å². The lowest BCUT2D eigenvalue weighted by atomic mass is 9.99. The van der Waals surface area contributed by atoms with E-state index in [1.807, 2.05) is 0 Å².